The third-order valence-electron chi connectivity index (χ3n) is 3.85. The van der Waals surface area contributed by atoms with E-state index in [-0.39, 0.29) is 5.91 Å². The minimum Gasteiger partial charge on any atom is -0.492 e. The lowest BCUT2D eigenvalue weighted by atomic mass is 10.1. The molecule has 0 unspecified atom stereocenters. The molecule has 2 aromatic rings. The van der Waals surface area contributed by atoms with E-state index in [1.165, 1.54) is 16.7 Å². The standard InChI is InChI=1S/C20H25NO2/c1-5-17-6-8-18(9-7-17)20(22)21(4)10-11-23-19-13-15(2)12-16(3)14-19/h6-9,12-14H,5,10-11H2,1-4H3. The average molecular weight is 311 g/mol. The topological polar surface area (TPSA) is 29.5 Å². The van der Waals surface area contributed by atoms with Crippen LogP contribution in [0.25, 0.3) is 0 Å². The molecule has 0 saturated carbocycles. The van der Waals surface area contributed by atoms with Gasteiger partial charge in [-0.25, -0.2) is 0 Å². The van der Waals surface area contributed by atoms with Crippen LogP contribution >= 0.6 is 0 Å². The van der Waals surface area contributed by atoms with E-state index in [4.69, 9.17) is 4.74 Å². The number of nitrogens with zero attached hydrogens (tertiary/aromatic N) is 1. The Hall–Kier alpha value is -2.29. The molecule has 1 amide bonds. The Morgan fingerprint density at radius 3 is 2.22 bits per heavy atom. The number of benzene rings is 2. The van der Waals surface area contributed by atoms with Crippen LogP contribution in [0.5, 0.6) is 5.75 Å². The summed E-state index contributed by atoms with van der Waals surface area (Å²) in [5.74, 6) is 0.882. The van der Waals surface area contributed by atoms with Crippen LogP contribution in [0.1, 0.15) is 34.0 Å². The smallest absolute Gasteiger partial charge is 0.253 e. The lowest BCUT2D eigenvalue weighted by Crippen LogP contribution is -2.30. The molecule has 0 spiro atoms. The Labute approximate surface area is 138 Å². The van der Waals surface area contributed by atoms with Crippen molar-refractivity contribution in [3.63, 3.8) is 0 Å². The van der Waals surface area contributed by atoms with Gasteiger partial charge < -0.3 is 9.64 Å². The second-order valence-corrected chi connectivity index (χ2v) is 5.95. The Morgan fingerprint density at radius 2 is 1.65 bits per heavy atom. The van der Waals surface area contributed by atoms with Crippen molar-refractivity contribution in [2.24, 2.45) is 0 Å². The van der Waals surface area contributed by atoms with Gasteiger partial charge in [-0.3, -0.25) is 4.79 Å². The second-order valence-electron chi connectivity index (χ2n) is 5.95. The summed E-state index contributed by atoms with van der Waals surface area (Å²) in [6, 6.07) is 13.9. The highest BCUT2D eigenvalue weighted by molar-refractivity contribution is 5.94. The highest BCUT2D eigenvalue weighted by Crippen LogP contribution is 2.16. The molecule has 0 aliphatic heterocycles. The van der Waals surface area contributed by atoms with E-state index in [0.717, 1.165) is 17.7 Å². The number of rotatable bonds is 6. The lowest BCUT2D eigenvalue weighted by molar-refractivity contribution is 0.0773. The maximum Gasteiger partial charge on any atom is 0.253 e. The minimum absolute atomic E-state index is 0.0247. The third kappa shape index (κ3) is 4.85. The quantitative estimate of drug-likeness (QED) is 0.806. The average Bonchev–Trinajstić information content (AvgIpc) is 2.53. The van der Waals surface area contributed by atoms with Crippen LogP contribution in [0.15, 0.2) is 42.5 Å². The van der Waals surface area contributed by atoms with Crippen LogP contribution in [-0.4, -0.2) is 31.0 Å². The molecule has 0 saturated heterocycles. The first kappa shape index (κ1) is 17.1. The predicted octanol–water partition coefficient (Wildman–Crippen LogP) is 4.02. The van der Waals surface area contributed by atoms with Gasteiger partial charge in [-0.1, -0.05) is 25.1 Å². The first-order valence-corrected chi connectivity index (χ1v) is 8.05. The fraction of sp³-hybridized carbons (Fsp3) is 0.350. The van der Waals surface area contributed by atoms with E-state index in [0.29, 0.717) is 13.2 Å². The maximum absolute atomic E-state index is 12.4. The molecular formula is C20H25NO2. The molecule has 0 aliphatic carbocycles. The molecule has 0 bridgehead atoms. The number of carbonyl (C=O) groups excluding carboxylic acids is 1. The van der Waals surface area contributed by atoms with Crippen molar-refractivity contribution in [2.45, 2.75) is 27.2 Å². The summed E-state index contributed by atoms with van der Waals surface area (Å²) in [6.07, 6.45) is 0.980. The summed E-state index contributed by atoms with van der Waals surface area (Å²) in [5, 5.41) is 0. The van der Waals surface area contributed by atoms with Crippen molar-refractivity contribution in [2.75, 3.05) is 20.2 Å². The van der Waals surface area contributed by atoms with Gasteiger partial charge >= 0.3 is 0 Å². The van der Waals surface area contributed by atoms with Gasteiger partial charge in [0.05, 0.1) is 6.54 Å². The van der Waals surface area contributed by atoms with E-state index in [9.17, 15) is 4.79 Å². The number of hydrogen-bond donors (Lipinski definition) is 0. The summed E-state index contributed by atoms with van der Waals surface area (Å²) < 4.78 is 5.77. The highest BCUT2D eigenvalue weighted by Gasteiger charge is 2.11. The van der Waals surface area contributed by atoms with Crippen LogP contribution in [0, 0.1) is 13.8 Å². The Kier molecular flexibility index (Phi) is 5.80. The molecule has 0 heterocycles. The molecule has 0 aliphatic rings. The fourth-order valence-electron chi connectivity index (χ4n) is 2.52. The van der Waals surface area contributed by atoms with Gasteiger partial charge in [0.25, 0.3) is 5.91 Å². The zero-order valence-corrected chi connectivity index (χ0v) is 14.4. The number of ether oxygens (including phenoxy) is 1. The van der Waals surface area contributed by atoms with Crippen LogP contribution in [-0.2, 0) is 6.42 Å². The maximum atomic E-state index is 12.4. The molecule has 2 rings (SSSR count). The molecule has 0 aromatic heterocycles. The monoisotopic (exact) mass is 311 g/mol. The van der Waals surface area contributed by atoms with Crippen LogP contribution in [0.4, 0.5) is 0 Å². The molecular weight excluding hydrogens is 286 g/mol. The van der Waals surface area contributed by atoms with E-state index in [2.05, 4.69) is 26.8 Å². The number of aryl methyl sites for hydroxylation is 3. The van der Waals surface area contributed by atoms with Gasteiger partial charge in [-0.15, -0.1) is 0 Å². The fourth-order valence-corrected chi connectivity index (χ4v) is 2.52. The molecule has 23 heavy (non-hydrogen) atoms. The second kappa shape index (κ2) is 7.82. The van der Waals surface area contributed by atoms with Crippen molar-refractivity contribution in [1.82, 2.24) is 4.90 Å². The van der Waals surface area contributed by atoms with E-state index in [1.54, 1.807) is 11.9 Å². The zero-order valence-electron chi connectivity index (χ0n) is 14.4. The number of amides is 1. The Morgan fingerprint density at radius 1 is 1.04 bits per heavy atom. The van der Waals surface area contributed by atoms with Gasteiger partial charge in [-0.2, -0.15) is 0 Å². The van der Waals surface area contributed by atoms with Crippen molar-refractivity contribution in [3.05, 3.63) is 64.7 Å². The summed E-state index contributed by atoms with van der Waals surface area (Å²) in [4.78, 5) is 14.1. The molecule has 0 atom stereocenters. The number of carbonyl (C=O) groups is 1. The summed E-state index contributed by atoms with van der Waals surface area (Å²) in [7, 11) is 1.81. The predicted molar refractivity (Wildman–Crippen MR) is 94.2 cm³/mol. The minimum atomic E-state index is 0.0247. The van der Waals surface area contributed by atoms with E-state index in [1.807, 2.05) is 36.4 Å². The van der Waals surface area contributed by atoms with E-state index >= 15 is 0 Å². The third-order valence-corrected chi connectivity index (χ3v) is 3.85. The molecule has 2 aromatic carbocycles. The van der Waals surface area contributed by atoms with Crippen molar-refractivity contribution in [3.8, 4) is 5.75 Å². The highest BCUT2D eigenvalue weighted by atomic mass is 16.5. The zero-order chi connectivity index (χ0) is 16.8. The van der Waals surface area contributed by atoms with Gasteiger partial charge in [0.1, 0.15) is 12.4 Å². The Balaban J connectivity index is 1.88. The summed E-state index contributed by atoms with van der Waals surface area (Å²) >= 11 is 0. The van der Waals surface area contributed by atoms with Crippen molar-refractivity contribution < 1.29 is 9.53 Å². The molecule has 3 heteroatoms. The van der Waals surface area contributed by atoms with Crippen LogP contribution < -0.4 is 4.74 Å². The van der Waals surface area contributed by atoms with E-state index < -0.39 is 0 Å². The van der Waals surface area contributed by atoms with Crippen LogP contribution in [0.2, 0.25) is 0 Å². The Bertz CT molecular complexity index is 642. The molecule has 0 fully saturated rings. The lowest BCUT2D eigenvalue weighted by Gasteiger charge is -2.18. The van der Waals surface area contributed by atoms with Gasteiger partial charge in [0.2, 0.25) is 0 Å². The largest absolute Gasteiger partial charge is 0.492 e. The number of hydrogen-bond acceptors (Lipinski definition) is 2. The first-order valence-electron chi connectivity index (χ1n) is 8.05. The van der Waals surface area contributed by atoms with Crippen molar-refractivity contribution in [1.29, 1.82) is 0 Å². The van der Waals surface area contributed by atoms with Gasteiger partial charge in [0.15, 0.2) is 0 Å². The van der Waals surface area contributed by atoms with Gasteiger partial charge in [-0.05, 0) is 61.2 Å². The summed E-state index contributed by atoms with van der Waals surface area (Å²) in [6.45, 7) is 7.25. The molecule has 122 valence electrons. The molecule has 3 nitrogen and oxygen atoms in total. The van der Waals surface area contributed by atoms with Crippen molar-refractivity contribution >= 4 is 5.91 Å². The van der Waals surface area contributed by atoms with Crippen LogP contribution in [0.3, 0.4) is 0 Å². The summed E-state index contributed by atoms with van der Waals surface area (Å²) in [5.41, 5.74) is 4.32. The first-order chi connectivity index (χ1) is 11.0. The van der Waals surface area contributed by atoms with Gasteiger partial charge in [0, 0.05) is 12.6 Å². The molecule has 0 N–H and O–H groups in total. The number of likely N-dealkylation sites (N-methyl/N-ethyl adjacent to an activating group) is 1. The SMILES string of the molecule is CCc1ccc(C(=O)N(C)CCOc2cc(C)cc(C)c2)cc1. The normalized spacial score (nSPS) is 10.4. The molecule has 0 radical (unpaired) electrons.